The number of aliphatic carboxylic acids is 1. The van der Waals surface area contributed by atoms with E-state index >= 15 is 0 Å². The molecule has 2 N–H and O–H groups in total. The molecule has 1 saturated carbocycles. The maximum atomic E-state index is 11.7. The van der Waals surface area contributed by atoms with E-state index in [1.54, 1.807) is 6.07 Å². The van der Waals surface area contributed by atoms with Gasteiger partial charge in [-0.3, -0.25) is 9.59 Å². The fraction of sp³-hybridized carbons (Fsp3) is 0.385. The number of ether oxygens (including phenoxy) is 2. The topological polar surface area (TPSA) is 84.9 Å². The third kappa shape index (κ3) is 2.33. The van der Waals surface area contributed by atoms with Crippen molar-refractivity contribution >= 4 is 11.9 Å². The van der Waals surface area contributed by atoms with E-state index in [1.165, 1.54) is 0 Å². The molecular formula is C13H13NO5. The summed E-state index contributed by atoms with van der Waals surface area (Å²) < 4.78 is 10.4. The molecule has 0 bridgehead atoms. The van der Waals surface area contributed by atoms with Crippen LogP contribution in [0.5, 0.6) is 11.5 Å². The molecule has 1 aromatic rings. The van der Waals surface area contributed by atoms with Crippen LogP contribution in [0.4, 0.5) is 0 Å². The van der Waals surface area contributed by atoms with Crippen molar-refractivity contribution in [3.8, 4) is 11.5 Å². The van der Waals surface area contributed by atoms with Gasteiger partial charge in [-0.25, -0.2) is 0 Å². The number of carbonyl (C=O) groups is 2. The Hall–Kier alpha value is -2.24. The highest BCUT2D eigenvalue weighted by molar-refractivity contribution is 5.89. The third-order valence-electron chi connectivity index (χ3n) is 3.35. The summed E-state index contributed by atoms with van der Waals surface area (Å²) >= 11 is 0. The first kappa shape index (κ1) is 11.8. The summed E-state index contributed by atoms with van der Waals surface area (Å²) in [5, 5.41) is 11.5. The number of benzene rings is 1. The van der Waals surface area contributed by atoms with Gasteiger partial charge in [0, 0.05) is 6.54 Å². The first-order valence-corrected chi connectivity index (χ1v) is 6.04. The van der Waals surface area contributed by atoms with Gasteiger partial charge in [0.05, 0.1) is 11.8 Å². The van der Waals surface area contributed by atoms with E-state index in [0.29, 0.717) is 24.5 Å². The lowest BCUT2D eigenvalue weighted by Gasteiger charge is -2.05. The molecule has 0 radical (unpaired) electrons. The van der Waals surface area contributed by atoms with Crippen LogP contribution < -0.4 is 14.8 Å². The Morgan fingerprint density at radius 1 is 1.26 bits per heavy atom. The molecular weight excluding hydrogens is 250 g/mol. The van der Waals surface area contributed by atoms with Crippen LogP contribution >= 0.6 is 0 Å². The number of amides is 1. The lowest BCUT2D eigenvalue weighted by Crippen LogP contribution is -2.25. The van der Waals surface area contributed by atoms with Crippen molar-refractivity contribution in [2.24, 2.45) is 11.8 Å². The van der Waals surface area contributed by atoms with Gasteiger partial charge in [-0.1, -0.05) is 6.07 Å². The normalized spacial score (nSPS) is 22.9. The van der Waals surface area contributed by atoms with Gasteiger partial charge < -0.3 is 19.9 Å². The van der Waals surface area contributed by atoms with Gasteiger partial charge in [0.15, 0.2) is 11.5 Å². The number of nitrogens with one attached hydrogen (secondary N) is 1. The summed E-state index contributed by atoms with van der Waals surface area (Å²) in [6, 6.07) is 5.45. The van der Waals surface area contributed by atoms with Crippen LogP contribution in [-0.4, -0.2) is 23.8 Å². The van der Waals surface area contributed by atoms with Crippen molar-refractivity contribution in [1.29, 1.82) is 0 Å². The maximum absolute atomic E-state index is 11.7. The van der Waals surface area contributed by atoms with Gasteiger partial charge in [-0.2, -0.15) is 0 Å². The number of hydrogen-bond donors (Lipinski definition) is 2. The standard InChI is InChI=1S/C13H13NO5/c15-12(8-4-9(8)13(16)17)14-5-7-1-2-10-11(3-7)19-6-18-10/h1-3,8-9H,4-6H2,(H,14,15)(H,16,17). The molecule has 1 heterocycles. The van der Waals surface area contributed by atoms with Gasteiger partial charge in [-0.15, -0.1) is 0 Å². The minimum atomic E-state index is -0.900. The first-order valence-electron chi connectivity index (χ1n) is 6.04. The van der Waals surface area contributed by atoms with Crippen LogP contribution in [0, 0.1) is 11.8 Å². The molecule has 3 rings (SSSR count). The second kappa shape index (κ2) is 4.46. The van der Waals surface area contributed by atoms with E-state index in [9.17, 15) is 9.59 Å². The van der Waals surface area contributed by atoms with Crippen LogP contribution in [0.1, 0.15) is 12.0 Å². The smallest absolute Gasteiger partial charge is 0.307 e. The second-order valence-corrected chi connectivity index (χ2v) is 4.69. The number of hydrogen-bond acceptors (Lipinski definition) is 4. The molecule has 2 unspecified atom stereocenters. The fourth-order valence-corrected chi connectivity index (χ4v) is 2.13. The summed E-state index contributed by atoms with van der Waals surface area (Å²) in [5.41, 5.74) is 0.894. The molecule has 1 aromatic carbocycles. The Morgan fingerprint density at radius 2 is 2.05 bits per heavy atom. The zero-order valence-electron chi connectivity index (χ0n) is 10.1. The molecule has 2 aliphatic rings. The van der Waals surface area contributed by atoms with Crippen molar-refractivity contribution in [2.75, 3.05) is 6.79 Å². The minimum Gasteiger partial charge on any atom is -0.481 e. The van der Waals surface area contributed by atoms with Crippen molar-refractivity contribution in [3.05, 3.63) is 23.8 Å². The minimum absolute atomic E-state index is 0.204. The highest BCUT2D eigenvalue weighted by atomic mass is 16.7. The van der Waals surface area contributed by atoms with E-state index < -0.39 is 11.9 Å². The molecule has 0 spiro atoms. The lowest BCUT2D eigenvalue weighted by molar-refractivity contribution is -0.140. The quantitative estimate of drug-likeness (QED) is 0.837. The Balaban J connectivity index is 1.55. The summed E-state index contributed by atoms with van der Waals surface area (Å²) in [6.07, 6.45) is 0.433. The molecule has 19 heavy (non-hydrogen) atoms. The van der Waals surface area contributed by atoms with Gasteiger partial charge in [0.1, 0.15) is 0 Å². The highest BCUT2D eigenvalue weighted by Gasteiger charge is 2.48. The Labute approximate surface area is 109 Å². The monoisotopic (exact) mass is 263 g/mol. The molecule has 1 aliphatic carbocycles. The van der Waals surface area contributed by atoms with E-state index in [2.05, 4.69) is 5.32 Å². The maximum Gasteiger partial charge on any atom is 0.307 e. The second-order valence-electron chi connectivity index (χ2n) is 4.69. The van der Waals surface area contributed by atoms with Gasteiger partial charge in [0.2, 0.25) is 12.7 Å². The van der Waals surface area contributed by atoms with Crippen molar-refractivity contribution in [2.45, 2.75) is 13.0 Å². The molecule has 2 atom stereocenters. The van der Waals surface area contributed by atoms with Crippen LogP contribution in [0.25, 0.3) is 0 Å². The SMILES string of the molecule is O=C(O)C1CC1C(=O)NCc1ccc2c(c1)OCO2. The number of carboxylic acid groups (broad SMARTS) is 1. The summed E-state index contributed by atoms with van der Waals surface area (Å²) in [4.78, 5) is 22.4. The Morgan fingerprint density at radius 3 is 2.79 bits per heavy atom. The number of fused-ring (bicyclic) bond motifs is 1. The van der Waals surface area contributed by atoms with Gasteiger partial charge in [0.25, 0.3) is 0 Å². The van der Waals surface area contributed by atoms with Crippen LogP contribution in [0.3, 0.4) is 0 Å². The van der Waals surface area contributed by atoms with Crippen LogP contribution in [-0.2, 0) is 16.1 Å². The predicted octanol–water partition coefficient (Wildman–Crippen LogP) is 0.752. The molecule has 0 aromatic heterocycles. The van der Waals surface area contributed by atoms with Gasteiger partial charge in [-0.05, 0) is 24.1 Å². The van der Waals surface area contributed by atoms with Crippen LogP contribution in [0.15, 0.2) is 18.2 Å². The van der Waals surface area contributed by atoms with E-state index in [1.807, 2.05) is 12.1 Å². The summed E-state index contributed by atoms with van der Waals surface area (Å²) in [5.74, 6) is -0.638. The Bertz CT molecular complexity index is 542. The van der Waals surface area contributed by atoms with Crippen molar-refractivity contribution in [3.63, 3.8) is 0 Å². The largest absolute Gasteiger partial charge is 0.481 e. The molecule has 1 fully saturated rings. The lowest BCUT2D eigenvalue weighted by atomic mass is 10.2. The van der Waals surface area contributed by atoms with E-state index in [0.717, 1.165) is 5.56 Å². The summed E-state index contributed by atoms with van der Waals surface area (Å²) in [7, 11) is 0. The van der Waals surface area contributed by atoms with Gasteiger partial charge >= 0.3 is 5.97 Å². The zero-order chi connectivity index (χ0) is 13.4. The Kier molecular flexibility index (Phi) is 2.77. The molecule has 100 valence electrons. The van der Waals surface area contributed by atoms with E-state index in [4.69, 9.17) is 14.6 Å². The van der Waals surface area contributed by atoms with Crippen molar-refractivity contribution in [1.82, 2.24) is 5.32 Å². The molecule has 0 saturated heterocycles. The zero-order valence-corrected chi connectivity index (χ0v) is 10.1. The first-order chi connectivity index (χ1) is 9.15. The number of carboxylic acids is 1. The average molecular weight is 263 g/mol. The molecule has 6 heteroatoms. The number of carbonyl (C=O) groups excluding carboxylic acids is 1. The average Bonchev–Trinajstić information content (AvgIpc) is 3.07. The molecule has 1 aliphatic heterocycles. The summed E-state index contributed by atoms with van der Waals surface area (Å²) in [6.45, 7) is 0.575. The van der Waals surface area contributed by atoms with Crippen LogP contribution in [0.2, 0.25) is 0 Å². The predicted molar refractivity (Wildman–Crippen MR) is 63.6 cm³/mol. The molecule has 1 amide bonds. The molecule has 6 nitrogen and oxygen atoms in total. The third-order valence-corrected chi connectivity index (χ3v) is 3.35. The highest BCUT2D eigenvalue weighted by Crippen LogP contribution is 2.38. The number of rotatable bonds is 4. The fourth-order valence-electron chi connectivity index (χ4n) is 2.13. The van der Waals surface area contributed by atoms with E-state index in [-0.39, 0.29) is 18.6 Å². The van der Waals surface area contributed by atoms with Crippen molar-refractivity contribution < 1.29 is 24.2 Å².